The van der Waals surface area contributed by atoms with Gasteiger partial charge in [0, 0.05) is 10.6 Å². The smallest absolute Gasteiger partial charge is 0.0529 e. The van der Waals surface area contributed by atoms with E-state index < -0.39 is 10.8 Å². The van der Waals surface area contributed by atoms with Crippen LogP contribution in [0.4, 0.5) is 0 Å². The van der Waals surface area contributed by atoms with Crippen LogP contribution >= 0.6 is 0 Å². The van der Waals surface area contributed by atoms with Crippen LogP contribution in [0.3, 0.4) is 0 Å². The van der Waals surface area contributed by atoms with Gasteiger partial charge < -0.3 is 0 Å². The van der Waals surface area contributed by atoms with E-state index in [1.807, 2.05) is 30.3 Å². The minimum atomic E-state index is -0.801. The van der Waals surface area contributed by atoms with Crippen LogP contribution in [0.5, 0.6) is 0 Å². The Labute approximate surface area is 165 Å². The second kappa shape index (κ2) is 17.8. The average molecular weight is 379 g/mol. The lowest BCUT2D eigenvalue weighted by Gasteiger charge is -2.04. The van der Waals surface area contributed by atoms with Crippen molar-refractivity contribution in [1.29, 1.82) is 0 Å². The van der Waals surface area contributed by atoms with Crippen LogP contribution in [-0.4, -0.2) is 9.96 Å². The Morgan fingerprint density at radius 3 is 1.38 bits per heavy atom. The Morgan fingerprint density at radius 2 is 0.962 bits per heavy atom. The van der Waals surface area contributed by atoms with Crippen LogP contribution in [0, 0.1) is 0 Å². The normalized spacial score (nSPS) is 12.3. The Bertz CT molecular complexity index is 429. The molecule has 1 nitrogen and oxygen atoms in total. The number of unbranched alkanes of at least 4 members (excludes halogenated alkanes) is 15. The number of hydrogen-bond acceptors (Lipinski definition) is 1. The van der Waals surface area contributed by atoms with Gasteiger partial charge in [0.2, 0.25) is 0 Å². The lowest BCUT2D eigenvalue weighted by atomic mass is 10.0. The highest BCUT2D eigenvalue weighted by Crippen LogP contribution is 2.14. The van der Waals surface area contributed by atoms with Gasteiger partial charge in [0.1, 0.15) is 0 Å². The van der Waals surface area contributed by atoms with Gasteiger partial charge in [-0.1, -0.05) is 121 Å². The zero-order valence-electron chi connectivity index (χ0n) is 17.2. The van der Waals surface area contributed by atoms with E-state index in [1.165, 1.54) is 96.3 Å². The van der Waals surface area contributed by atoms with Crippen molar-refractivity contribution in [2.45, 2.75) is 115 Å². The maximum Gasteiger partial charge on any atom is 0.0529 e. The fourth-order valence-electron chi connectivity index (χ4n) is 3.47. The second-order valence-corrected chi connectivity index (χ2v) is 9.24. The molecule has 0 aromatic heterocycles. The van der Waals surface area contributed by atoms with E-state index in [9.17, 15) is 4.21 Å². The van der Waals surface area contributed by atoms with Crippen LogP contribution in [-0.2, 0) is 10.8 Å². The Morgan fingerprint density at radius 1 is 0.577 bits per heavy atom. The lowest BCUT2D eigenvalue weighted by Crippen LogP contribution is -1.97. The molecule has 1 rings (SSSR count). The molecule has 0 saturated heterocycles. The molecule has 0 heterocycles. The molecule has 0 saturated carbocycles. The first-order valence-corrected chi connectivity index (χ1v) is 12.6. The monoisotopic (exact) mass is 378 g/mol. The van der Waals surface area contributed by atoms with Crippen LogP contribution in [0.1, 0.15) is 110 Å². The Kier molecular flexibility index (Phi) is 16.0. The molecule has 1 aromatic carbocycles. The van der Waals surface area contributed by atoms with Crippen molar-refractivity contribution < 1.29 is 4.21 Å². The van der Waals surface area contributed by atoms with Gasteiger partial charge in [0.15, 0.2) is 0 Å². The van der Waals surface area contributed by atoms with Crippen LogP contribution < -0.4 is 0 Å². The zero-order valence-corrected chi connectivity index (χ0v) is 18.0. The third kappa shape index (κ3) is 13.6. The minimum absolute atomic E-state index is 0.801. The fourth-order valence-corrected chi connectivity index (χ4v) is 4.63. The highest BCUT2D eigenvalue weighted by Gasteiger charge is 2.02. The van der Waals surface area contributed by atoms with Gasteiger partial charge in [0.25, 0.3) is 0 Å². The predicted octanol–water partition coefficient (Wildman–Crippen LogP) is 8.06. The molecular weight excluding hydrogens is 336 g/mol. The molecule has 1 aromatic rings. The summed E-state index contributed by atoms with van der Waals surface area (Å²) in [6, 6.07) is 9.88. The average Bonchev–Trinajstić information content (AvgIpc) is 2.68. The first kappa shape index (κ1) is 23.4. The summed E-state index contributed by atoms with van der Waals surface area (Å²) in [6.45, 7) is 2.29. The van der Waals surface area contributed by atoms with Crippen molar-refractivity contribution in [2.75, 3.05) is 5.75 Å². The molecule has 0 aliphatic carbocycles. The number of benzene rings is 1. The van der Waals surface area contributed by atoms with Gasteiger partial charge in [-0.05, 0) is 18.6 Å². The van der Waals surface area contributed by atoms with Gasteiger partial charge in [-0.3, -0.25) is 4.21 Å². The first-order valence-electron chi connectivity index (χ1n) is 11.3. The summed E-state index contributed by atoms with van der Waals surface area (Å²) in [4.78, 5) is 0.980. The molecule has 0 aliphatic rings. The van der Waals surface area contributed by atoms with Crippen molar-refractivity contribution in [1.82, 2.24) is 0 Å². The summed E-state index contributed by atoms with van der Waals surface area (Å²) in [5, 5.41) is 0. The molecule has 0 aliphatic heterocycles. The van der Waals surface area contributed by atoms with Crippen molar-refractivity contribution in [3.63, 3.8) is 0 Å². The van der Waals surface area contributed by atoms with Gasteiger partial charge >= 0.3 is 0 Å². The van der Waals surface area contributed by atoms with Crippen molar-refractivity contribution in [3.8, 4) is 0 Å². The molecule has 26 heavy (non-hydrogen) atoms. The summed E-state index contributed by atoms with van der Waals surface area (Å²) in [7, 11) is -0.801. The van der Waals surface area contributed by atoms with Crippen LogP contribution in [0.15, 0.2) is 35.2 Å². The van der Waals surface area contributed by atoms with E-state index in [2.05, 4.69) is 6.92 Å². The van der Waals surface area contributed by atoms with E-state index in [0.717, 1.165) is 17.1 Å². The summed E-state index contributed by atoms with van der Waals surface area (Å²) in [5.74, 6) is 0.822. The highest BCUT2D eigenvalue weighted by molar-refractivity contribution is 7.85. The number of hydrogen-bond donors (Lipinski definition) is 0. The van der Waals surface area contributed by atoms with E-state index in [4.69, 9.17) is 0 Å². The Balaban J connectivity index is 1.76. The molecule has 1 atom stereocenters. The molecule has 150 valence electrons. The van der Waals surface area contributed by atoms with E-state index in [-0.39, 0.29) is 0 Å². The fraction of sp³-hybridized carbons (Fsp3) is 0.750. The third-order valence-corrected chi connectivity index (χ3v) is 6.65. The molecule has 0 radical (unpaired) electrons. The predicted molar refractivity (Wildman–Crippen MR) is 117 cm³/mol. The summed E-state index contributed by atoms with van der Waals surface area (Å²) < 4.78 is 12.1. The quantitative estimate of drug-likeness (QED) is 0.236. The van der Waals surface area contributed by atoms with Crippen molar-refractivity contribution in [3.05, 3.63) is 30.3 Å². The zero-order chi connectivity index (χ0) is 18.7. The molecular formula is C24H42OS. The van der Waals surface area contributed by atoms with Crippen molar-refractivity contribution in [2.24, 2.45) is 0 Å². The molecule has 0 fully saturated rings. The molecule has 0 bridgehead atoms. The molecule has 0 amide bonds. The van der Waals surface area contributed by atoms with Crippen LogP contribution in [0.25, 0.3) is 0 Å². The summed E-state index contributed by atoms with van der Waals surface area (Å²) in [6.07, 6.45) is 22.1. The maximum atomic E-state index is 12.1. The lowest BCUT2D eigenvalue weighted by molar-refractivity contribution is 0.531. The summed E-state index contributed by atoms with van der Waals surface area (Å²) in [5.41, 5.74) is 0. The minimum Gasteiger partial charge on any atom is -0.254 e. The van der Waals surface area contributed by atoms with Gasteiger partial charge in [-0.15, -0.1) is 0 Å². The third-order valence-electron chi connectivity index (χ3n) is 5.19. The van der Waals surface area contributed by atoms with Gasteiger partial charge in [0.05, 0.1) is 10.8 Å². The highest BCUT2D eigenvalue weighted by atomic mass is 32.2. The maximum absolute atomic E-state index is 12.1. The standard InChI is InChI=1S/C24H42OS/c1-2-3-4-5-6-7-8-9-10-11-12-13-14-15-16-20-23-26(25)24-21-18-17-19-22-24/h17-19,21-22H,2-16,20,23H2,1H3. The van der Waals surface area contributed by atoms with E-state index >= 15 is 0 Å². The van der Waals surface area contributed by atoms with Crippen molar-refractivity contribution >= 4 is 10.8 Å². The topological polar surface area (TPSA) is 17.1 Å². The second-order valence-electron chi connectivity index (χ2n) is 7.67. The SMILES string of the molecule is CCCCCCCCCCCCCCCCCCS(=O)c1ccccc1. The van der Waals surface area contributed by atoms with E-state index in [1.54, 1.807) is 0 Å². The number of rotatable bonds is 18. The van der Waals surface area contributed by atoms with Gasteiger partial charge in [-0.25, -0.2) is 0 Å². The largest absolute Gasteiger partial charge is 0.254 e. The molecule has 0 spiro atoms. The first-order chi connectivity index (χ1) is 12.8. The van der Waals surface area contributed by atoms with E-state index in [0.29, 0.717) is 0 Å². The molecule has 2 heteroatoms. The summed E-state index contributed by atoms with van der Waals surface area (Å²) >= 11 is 0. The Hall–Kier alpha value is -0.630. The van der Waals surface area contributed by atoms with Crippen LogP contribution in [0.2, 0.25) is 0 Å². The van der Waals surface area contributed by atoms with Gasteiger partial charge in [-0.2, -0.15) is 0 Å². The molecule has 0 N–H and O–H groups in total. The molecule has 1 unspecified atom stereocenters.